The minimum absolute atomic E-state index is 0.0188. The first-order valence-electron chi connectivity index (χ1n) is 4.69. The standard InChI is InChI=1S/C9H15NO2S/c1-12-8(11)9-3-4-10-7(9)2-5-13-6-9/h7,10H,2-6H2,1H3. The van der Waals surface area contributed by atoms with Gasteiger partial charge in [0.05, 0.1) is 12.5 Å². The predicted octanol–water partition coefficient (Wildman–Crippen LogP) is 0.645. The average Bonchev–Trinajstić information content (AvgIpc) is 2.61. The second-order valence-corrected chi connectivity index (χ2v) is 4.85. The molecule has 0 amide bonds. The highest BCUT2D eigenvalue weighted by Crippen LogP contribution is 2.41. The molecule has 0 aliphatic carbocycles. The summed E-state index contributed by atoms with van der Waals surface area (Å²) in [6, 6.07) is 0.362. The minimum Gasteiger partial charge on any atom is -0.469 e. The van der Waals surface area contributed by atoms with Gasteiger partial charge in [-0.3, -0.25) is 4.79 Å². The lowest BCUT2D eigenvalue weighted by molar-refractivity contribution is -0.152. The number of carbonyl (C=O) groups excluding carboxylic acids is 1. The van der Waals surface area contributed by atoms with Crippen LogP contribution in [0.5, 0.6) is 0 Å². The molecule has 0 aromatic carbocycles. The van der Waals surface area contributed by atoms with Crippen LogP contribution in [0.15, 0.2) is 0 Å². The number of esters is 1. The molecular formula is C9H15NO2S. The summed E-state index contributed by atoms with van der Waals surface area (Å²) in [5, 5.41) is 3.40. The van der Waals surface area contributed by atoms with Gasteiger partial charge in [-0.15, -0.1) is 0 Å². The van der Waals surface area contributed by atoms with Crippen LogP contribution in [0.25, 0.3) is 0 Å². The molecule has 74 valence electrons. The highest BCUT2D eigenvalue weighted by Gasteiger charge is 2.51. The van der Waals surface area contributed by atoms with E-state index in [1.54, 1.807) is 0 Å². The van der Waals surface area contributed by atoms with E-state index in [2.05, 4.69) is 5.32 Å². The molecule has 2 fully saturated rings. The second-order valence-electron chi connectivity index (χ2n) is 3.75. The molecule has 2 atom stereocenters. The summed E-state index contributed by atoms with van der Waals surface area (Å²) in [5.74, 6) is 2.07. The van der Waals surface area contributed by atoms with Crippen molar-refractivity contribution in [3.05, 3.63) is 0 Å². The number of ether oxygens (including phenoxy) is 1. The first-order chi connectivity index (χ1) is 6.29. The summed E-state index contributed by atoms with van der Waals surface area (Å²) in [6.07, 6.45) is 2.04. The molecular weight excluding hydrogens is 186 g/mol. The zero-order valence-corrected chi connectivity index (χ0v) is 8.65. The summed E-state index contributed by atoms with van der Waals surface area (Å²) in [7, 11) is 1.49. The Kier molecular flexibility index (Phi) is 2.51. The topological polar surface area (TPSA) is 38.3 Å². The van der Waals surface area contributed by atoms with Crippen LogP contribution < -0.4 is 5.32 Å². The van der Waals surface area contributed by atoms with Gasteiger partial charge in [-0.25, -0.2) is 0 Å². The third-order valence-electron chi connectivity index (χ3n) is 3.13. The molecule has 0 bridgehead atoms. The van der Waals surface area contributed by atoms with Gasteiger partial charge in [-0.05, 0) is 25.1 Å². The Morgan fingerprint density at radius 3 is 3.31 bits per heavy atom. The molecule has 0 radical (unpaired) electrons. The minimum atomic E-state index is -0.211. The van der Waals surface area contributed by atoms with Gasteiger partial charge >= 0.3 is 5.97 Å². The smallest absolute Gasteiger partial charge is 0.314 e. The number of rotatable bonds is 1. The lowest BCUT2D eigenvalue weighted by Gasteiger charge is -2.35. The first-order valence-corrected chi connectivity index (χ1v) is 5.84. The Labute approximate surface area is 82.6 Å². The van der Waals surface area contributed by atoms with E-state index >= 15 is 0 Å². The molecule has 0 aromatic heterocycles. The van der Waals surface area contributed by atoms with Crippen molar-refractivity contribution in [1.29, 1.82) is 0 Å². The Morgan fingerprint density at radius 1 is 1.69 bits per heavy atom. The van der Waals surface area contributed by atoms with E-state index in [0.717, 1.165) is 30.9 Å². The highest BCUT2D eigenvalue weighted by molar-refractivity contribution is 7.99. The van der Waals surface area contributed by atoms with Gasteiger partial charge in [-0.1, -0.05) is 0 Å². The first kappa shape index (κ1) is 9.34. The summed E-state index contributed by atoms with van der Waals surface area (Å²) in [6.45, 7) is 0.959. The largest absolute Gasteiger partial charge is 0.469 e. The van der Waals surface area contributed by atoms with E-state index in [0.29, 0.717) is 6.04 Å². The number of hydrogen-bond acceptors (Lipinski definition) is 4. The molecule has 2 aliphatic heterocycles. The maximum atomic E-state index is 11.7. The SMILES string of the molecule is COC(=O)C12CCNC1CCSC2. The molecule has 0 saturated carbocycles. The fraction of sp³-hybridized carbons (Fsp3) is 0.889. The molecule has 4 heteroatoms. The van der Waals surface area contributed by atoms with E-state index in [1.807, 2.05) is 11.8 Å². The van der Waals surface area contributed by atoms with Gasteiger partial charge in [0.25, 0.3) is 0 Å². The lowest BCUT2D eigenvalue weighted by Crippen LogP contribution is -2.48. The number of thioether (sulfide) groups is 1. The molecule has 2 rings (SSSR count). The normalized spacial score (nSPS) is 38.4. The van der Waals surface area contributed by atoms with Gasteiger partial charge in [-0.2, -0.15) is 11.8 Å². The monoisotopic (exact) mass is 201 g/mol. The Morgan fingerprint density at radius 2 is 2.54 bits per heavy atom. The van der Waals surface area contributed by atoms with Crippen molar-refractivity contribution in [2.75, 3.05) is 25.2 Å². The number of nitrogens with one attached hydrogen (secondary N) is 1. The van der Waals surface area contributed by atoms with Crippen LogP contribution in [0.4, 0.5) is 0 Å². The Balaban J connectivity index is 2.20. The van der Waals surface area contributed by atoms with E-state index in [1.165, 1.54) is 7.11 Å². The molecule has 2 aliphatic rings. The van der Waals surface area contributed by atoms with Crippen LogP contribution >= 0.6 is 11.8 Å². The number of hydrogen-bond donors (Lipinski definition) is 1. The van der Waals surface area contributed by atoms with Crippen LogP contribution in [0.1, 0.15) is 12.8 Å². The summed E-state index contributed by atoms with van der Waals surface area (Å²) >= 11 is 1.87. The third-order valence-corrected chi connectivity index (χ3v) is 4.37. The molecule has 1 N–H and O–H groups in total. The van der Waals surface area contributed by atoms with Crippen LogP contribution in [0.3, 0.4) is 0 Å². The molecule has 2 unspecified atom stereocenters. The lowest BCUT2D eigenvalue weighted by atomic mass is 9.81. The average molecular weight is 201 g/mol. The van der Waals surface area contributed by atoms with Gasteiger partial charge in [0.2, 0.25) is 0 Å². The zero-order chi connectivity index (χ0) is 9.31. The third kappa shape index (κ3) is 1.36. The number of methoxy groups -OCH3 is 1. The number of carbonyl (C=O) groups is 1. The van der Waals surface area contributed by atoms with Gasteiger partial charge < -0.3 is 10.1 Å². The zero-order valence-electron chi connectivity index (χ0n) is 7.84. The Bertz CT molecular complexity index is 222. The Hall–Kier alpha value is -0.220. The van der Waals surface area contributed by atoms with E-state index < -0.39 is 0 Å². The summed E-state index contributed by atoms with van der Waals surface area (Å²) < 4.78 is 4.90. The fourth-order valence-electron chi connectivity index (χ4n) is 2.35. The molecule has 13 heavy (non-hydrogen) atoms. The summed E-state index contributed by atoms with van der Waals surface area (Å²) in [4.78, 5) is 11.7. The van der Waals surface area contributed by atoms with Crippen molar-refractivity contribution in [2.24, 2.45) is 5.41 Å². The van der Waals surface area contributed by atoms with Crippen LogP contribution in [-0.4, -0.2) is 37.2 Å². The van der Waals surface area contributed by atoms with E-state index in [-0.39, 0.29) is 11.4 Å². The van der Waals surface area contributed by atoms with Crippen molar-refractivity contribution in [2.45, 2.75) is 18.9 Å². The fourth-order valence-corrected chi connectivity index (χ4v) is 3.73. The molecule has 0 aromatic rings. The molecule has 3 nitrogen and oxygen atoms in total. The predicted molar refractivity (Wildman–Crippen MR) is 52.8 cm³/mol. The molecule has 2 saturated heterocycles. The maximum absolute atomic E-state index is 11.7. The van der Waals surface area contributed by atoms with Crippen molar-refractivity contribution < 1.29 is 9.53 Å². The highest BCUT2D eigenvalue weighted by atomic mass is 32.2. The van der Waals surface area contributed by atoms with Gasteiger partial charge in [0, 0.05) is 11.8 Å². The second kappa shape index (κ2) is 3.50. The molecule has 2 heterocycles. The summed E-state index contributed by atoms with van der Waals surface area (Å²) in [5.41, 5.74) is -0.211. The van der Waals surface area contributed by atoms with Crippen molar-refractivity contribution in [1.82, 2.24) is 5.32 Å². The van der Waals surface area contributed by atoms with Crippen molar-refractivity contribution in [3.63, 3.8) is 0 Å². The van der Waals surface area contributed by atoms with Crippen molar-refractivity contribution >= 4 is 17.7 Å². The van der Waals surface area contributed by atoms with Crippen LogP contribution in [-0.2, 0) is 9.53 Å². The van der Waals surface area contributed by atoms with Gasteiger partial charge in [0.1, 0.15) is 0 Å². The number of fused-ring (bicyclic) bond motifs is 1. The van der Waals surface area contributed by atoms with Crippen molar-refractivity contribution in [3.8, 4) is 0 Å². The van der Waals surface area contributed by atoms with Gasteiger partial charge in [0.15, 0.2) is 0 Å². The van der Waals surface area contributed by atoms with E-state index in [4.69, 9.17) is 4.74 Å². The quantitative estimate of drug-likeness (QED) is 0.632. The maximum Gasteiger partial charge on any atom is 0.314 e. The van der Waals surface area contributed by atoms with Crippen LogP contribution in [0.2, 0.25) is 0 Å². The van der Waals surface area contributed by atoms with Crippen LogP contribution in [0, 0.1) is 5.41 Å². The van der Waals surface area contributed by atoms with E-state index in [9.17, 15) is 4.79 Å². The molecule has 0 spiro atoms.